The van der Waals surface area contributed by atoms with Crippen LogP contribution in [0.25, 0.3) is 11.3 Å². The maximum Gasteiger partial charge on any atom is 0.135 e. The van der Waals surface area contributed by atoms with Gasteiger partial charge in [-0.3, -0.25) is 4.98 Å². The van der Waals surface area contributed by atoms with Gasteiger partial charge in [-0.15, -0.1) is 5.10 Å². The predicted octanol–water partition coefficient (Wildman–Crippen LogP) is 5.41. The number of fused-ring (bicyclic) bond motifs is 2. The molecule has 2 heterocycles. The van der Waals surface area contributed by atoms with Crippen molar-refractivity contribution in [3.8, 4) is 11.3 Å². The van der Waals surface area contributed by atoms with Crippen LogP contribution in [-0.4, -0.2) is 15.2 Å². The molecule has 2 aromatic heterocycles. The molecule has 6 rings (SSSR count). The maximum atomic E-state index is 14.3. The number of hydrogen-bond acceptors (Lipinski definition) is 3. The smallest absolute Gasteiger partial charge is 0.135 e. The van der Waals surface area contributed by atoms with Crippen LogP contribution in [0.3, 0.4) is 0 Å². The van der Waals surface area contributed by atoms with Crippen molar-refractivity contribution < 1.29 is 8.78 Å². The Hall–Kier alpha value is -2.69. The van der Waals surface area contributed by atoms with Gasteiger partial charge in [-0.05, 0) is 66.5 Å². The quantitative estimate of drug-likeness (QED) is 0.599. The lowest BCUT2D eigenvalue weighted by Gasteiger charge is -2.54. The second-order valence-corrected chi connectivity index (χ2v) is 8.68. The molecule has 1 fully saturated rings. The van der Waals surface area contributed by atoms with Gasteiger partial charge in [0.05, 0.1) is 28.1 Å². The fourth-order valence-corrected chi connectivity index (χ4v) is 5.44. The lowest BCUT2D eigenvalue weighted by atomic mass is 9.49. The SMILES string of the molecule is CC1(C)C[C@]2(c3ccccn3)CC[C@H]1c1cc(-c3c(F)cccc3F)nnc12. The Morgan fingerprint density at radius 2 is 1.79 bits per heavy atom. The van der Waals surface area contributed by atoms with Crippen molar-refractivity contribution >= 4 is 0 Å². The predicted molar refractivity (Wildman–Crippen MR) is 103 cm³/mol. The molecule has 0 saturated heterocycles. The summed E-state index contributed by atoms with van der Waals surface area (Å²) < 4.78 is 28.7. The van der Waals surface area contributed by atoms with Gasteiger partial charge < -0.3 is 0 Å². The average Bonchev–Trinajstić information content (AvgIpc) is 2.68. The number of rotatable bonds is 2. The van der Waals surface area contributed by atoms with Crippen molar-refractivity contribution in [3.05, 3.63) is 77.2 Å². The van der Waals surface area contributed by atoms with E-state index in [4.69, 9.17) is 0 Å². The van der Waals surface area contributed by atoms with Gasteiger partial charge in [-0.2, -0.15) is 5.10 Å². The minimum absolute atomic E-state index is 0.0385. The molecule has 0 radical (unpaired) electrons. The first kappa shape index (κ1) is 17.4. The number of hydrogen-bond donors (Lipinski definition) is 0. The van der Waals surface area contributed by atoms with E-state index < -0.39 is 11.6 Å². The maximum absolute atomic E-state index is 14.3. The third kappa shape index (κ3) is 2.35. The highest BCUT2D eigenvalue weighted by Crippen LogP contribution is 2.62. The molecule has 28 heavy (non-hydrogen) atoms. The van der Waals surface area contributed by atoms with E-state index in [9.17, 15) is 8.78 Å². The molecular formula is C23H21F2N3. The zero-order valence-electron chi connectivity index (χ0n) is 15.9. The molecule has 0 spiro atoms. The van der Waals surface area contributed by atoms with E-state index in [1.165, 1.54) is 18.2 Å². The molecule has 1 aromatic carbocycles. The molecule has 0 N–H and O–H groups in total. The lowest BCUT2D eigenvalue weighted by Crippen LogP contribution is -2.48. The van der Waals surface area contributed by atoms with Gasteiger partial charge in [0.25, 0.3) is 0 Å². The molecule has 2 atom stereocenters. The standard InChI is InChI=1S/C23H21F2N3/c1-22(2)13-23(19-8-3-4-11-26-19)10-9-15(22)14-12-18(27-28-21(14)23)20-16(24)6-5-7-17(20)25/h3-8,11-12,15H,9-10,13H2,1-2H3/t15-,23-/m0/s1. The summed E-state index contributed by atoms with van der Waals surface area (Å²) >= 11 is 0. The highest BCUT2D eigenvalue weighted by molar-refractivity contribution is 5.63. The first-order chi connectivity index (χ1) is 13.4. The Balaban J connectivity index is 1.74. The van der Waals surface area contributed by atoms with Gasteiger partial charge in [0.15, 0.2) is 0 Å². The zero-order chi connectivity index (χ0) is 19.5. The van der Waals surface area contributed by atoms with Gasteiger partial charge >= 0.3 is 0 Å². The number of benzene rings is 1. The molecule has 0 unspecified atom stereocenters. The number of aromatic nitrogens is 3. The Morgan fingerprint density at radius 3 is 2.46 bits per heavy atom. The highest BCUT2D eigenvalue weighted by Gasteiger charge is 2.55. The second kappa shape index (κ2) is 5.90. The fraction of sp³-hybridized carbons (Fsp3) is 0.348. The highest BCUT2D eigenvalue weighted by atomic mass is 19.1. The van der Waals surface area contributed by atoms with Crippen LogP contribution >= 0.6 is 0 Å². The third-order valence-corrected chi connectivity index (χ3v) is 6.59. The van der Waals surface area contributed by atoms with E-state index in [0.717, 1.165) is 36.2 Å². The molecular weight excluding hydrogens is 356 g/mol. The van der Waals surface area contributed by atoms with Gasteiger partial charge in [0.2, 0.25) is 0 Å². The lowest BCUT2D eigenvalue weighted by molar-refractivity contribution is 0.107. The van der Waals surface area contributed by atoms with Crippen LogP contribution in [0.4, 0.5) is 8.78 Å². The summed E-state index contributed by atoms with van der Waals surface area (Å²) in [7, 11) is 0. The van der Waals surface area contributed by atoms with Crippen LogP contribution in [0.1, 0.15) is 56.0 Å². The molecule has 3 aliphatic rings. The minimum Gasteiger partial charge on any atom is -0.260 e. The monoisotopic (exact) mass is 377 g/mol. The molecule has 5 heteroatoms. The molecule has 3 nitrogen and oxygen atoms in total. The zero-order valence-corrected chi connectivity index (χ0v) is 15.9. The molecule has 142 valence electrons. The molecule has 3 aromatic rings. The van der Waals surface area contributed by atoms with Gasteiger partial charge in [0.1, 0.15) is 11.6 Å². The molecule has 0 aliphatic heterocycles. The molecule has 2 bridgehead atoms. The van der Waals surface area contributed by atoms with Gasteiger partial charge in [-0.25, -0.2) is 8.78 Å². The molecule has 3 aliphatic carbocycles. The molecule has 0 amide bonds. The third-order valence-electron chi connectivity index (χ3n) is 6.59. The topological polar surface area (TPSA) is 38.7 Å². The Bertz CT molecular complexity index is 1040. The summed E-state index contributed by atoms with van der Waals surface area (Å²) in [5.74, 6) is -0.944. The number of halogens is 2. The van der Waals surface area contributed by atoms with Crippen LogP contribution in [0.5, 0.6) is 0 Å². The number of nitrogens with zero attached hydrogens (tertiary/aromatic N) is 3. The summed E-state index contributed by atoms with van der Waals surface area (Å²) in [6.45, 7) is 4.53. The fourth-order valence-electron chi connectivity index (χ4n) is 5.44. The minimum atomic E-state index is -0.617. The van der Waals surface area contributed by atoms with Crippen molar-refractivity contribution in [1.82, 2.24) is 15.2 Å². The van der Waals surface area contributed by atoms with E-state index in [-0.39, 0.29) is 28.0 Å². The van der Waals surface area contributed by atoms with Crippen LogP contribution in [0.15, 0.2) is 48.7 Å². The Kier molecular flexibility index (Phi) is 3.67. The summed E-state index contributed by atoms with van der Waals surface area (Å²) in [5.41, 5.74) is 2.87. The molecule has 1 saturated carbocycles. The van der Waals surface area contributed by atoms with E-state index >= 15 is 0 Å². The first-order valence-electron chi connectivity index (χ1n) is 9.66. The summed E-state index contributed by atoms with van der Waals surface area (Å²) in [4.78, 5) is 4.66. The van der Waals surface area contributed by atoms with E-state index in [1.54, 1.807) is 0 Å². The average molecular weight is 377 g/mol. The van der Waals surface area contributed by atoms with E-state index in [2.05, 4.69) is 35.1 Å². The van der Waals surface area contributed by atoms with Crippen LogP contribution in [-0.2, 0) is 5.41 Å². The summed E-state index contributed by atoms with van der Waals surface area (Å²) in [5, 5.41) is 8.81. The van der Waals surface area contributed by atoms with Crippen molar-refractivity contribution in [3.63, 3.8) is 0 Å². The van der Waals surface area contributed by atoms with Crippen LogP contribution in [0, 0.1) is 17.0 Å². The Labute approximate surface area is 162 Å². The van der Waals surface area contributed by atoms with E-state index in [1.807, 2.05) is 24.4 Å². The summed E-state index contributed by atoms with van der Waals surface area (Å²) in [6.07, 6.45) is 4.72. The summed E-state index contributed by atoms with van der Waals surface area (Å²) in [6, 6.07) is 11.7. The van der Waals surface area contributed by atoms with Crippen LogP contribution < -0.4 is 0 Å². The van der Waals surface area contributed by atoms with E-state index in [0.29, 0.717) is 0 Å². The van der Waals surface area contributed by atoms with Crippen molar-refractivity contribution in [2.45, 2.75) is 44.4 Å². The second-order valence-electron chi connectivity index (χ2n) is 8.68. The number of pyridine rings is 1. The van der Waals surface area contributed by atoms with Crippen LogP contribution in [0.2, 0.25) is 0 Å². The van der Waals surface area contributed by atoms with Crippen molar-refractivity contribution in [2.75, 3.05) is 0 Å². The first-order valence-corrected chi connectivity index (χ1v) is 9.66. The normalized spacial score (nSPS) is 24.8. The van der Waals surface area contributed by atoms with Crippen molar-refractivity contribution in [2.24, 2.45) is 5.41 Å². The van der Waals surface area contributed by atoms with Gasteiger partial charge in [0, 0.05) is 6.20 Å². The van der Waals surface area contributed by atoms with Gasteiger partial charge in [-0.1, -0.05) is 26.0 Å². The largest absolute Gasteiger partial charge is 0.260 e. The Morgan fingerprint density at radius 1 is 1.00 bits per heavy atom. The van der Waals surface area contributed by atoms with Crippen molar-refractivity contribution in [1.29, 1.82) is 0 Å².